The van der Waals surface area contributed by atoms with Crippen molar-refractivity contribution in [3.63, 3.8) is 0 Å². The summed E-state index contributed by atoms with van der Waals surface area (Å²) < 4.78 is 0. The summed E-state index contributed by atoms with van der Waals surface area (Å²) in [6, 6.07) is -0.531. The number of carbonyl (C=O) groups excluding carboxylic acids is 1. The van der Waals surface area contributed by atoms with Crippen LogP contribution < -0.4 is 0 Å². The number of aliphatic carboxylic acids is 1. The third kappa shape index (κ3) is 2.72. The molecule has 92 valence electrons. The van der Waals surface area contributed by atoms with Crippen LogP contribution in [0.4, 0.5) is 0 Å². The summed E-state index contributed by atoms with van der Waals surface area (Å²) in [5, 5.41) is 8.86. The van der Waals surface area contributed by atoms with Crippen molar-refractivity contribution >= 4 is 11.9 Å². The quantitative estimate of drug-likeness (QED) is 0.743. The molecule has 0 aromatic rings. The highest BCUT2D eigenvalue weighted by molar-refractivity contribution is 5.86. The average Bonchev–Trinajstić information content (AvgIpc) is 2.10. The van der Waals surface area contributed by atoms with Gasteiger partial charge in [-0.25, -0.2) is 0 Å². The van der Waals surface area contributed by atoms with Gasteiger partial charge in [-0.2, -0.15) is 0 Å². The Hall–Kier alpha value is -1.10. The van der Waals surface area contributed by atoms with Crippen molar-refractivity contribution in [2.75, 3.05) is 20.1 Å². The number of likely N-dealkylation sites (N-methyl/N-ethyl adjacent to an activating group) is 1. The Labute approximate surface area is 96.0 Å². The van der Waals surface area contributed by atoms with E-state index in [9.17, 15) is 9.59 Å². The Morgan fingerprint density at radius 1 is 1.44 bits per heavy atom. The van der Waals surface area contributed by atoms with Crippen molar-refractivity contribution in [3.8, 4) is 0 Å². The van der Waals surface area contributed by atoms with Crippen LogP contribution in [0.3, 0.4) is 0 Å². The van der Waals surface area contributed by atoms with Crippen molar-refractivity contribution in [3.05, 3.63) is 0 Å². The summed E-state index contributed by atoms with van der Waals surface area (Å²) >= 11 is 0. The van der Waals surface area contributed by atoms with Crippen LogP contribution in [-0.2, 0) is 9.59 Å². The van der Waals surface area contributed by atoms with Gasteiger partial charge in [0.1, 0.15) is 6.04 Å². The minimum absolute atomic E-state index is 0.0939. The monoisotopic (exact) mass is 228 g/mol. The smallest absolute Gasteiger partial charge is 0.305 e. The van der Waals surface area contributed by atoms with E-state index in [1.807, 2.05) is 25.7 Å². The van der Waals surface area contributed by atoms with Gasteiger partial charge in [-0.15, -0.1) is 0 Å². The topological polar surface area (TPSA) is 60.9 Å². The van der Waals surface area contributed by atoms with E-state index in [2.05, 4.69) is 0 Å². The highest BCUT2D eigenvalue weighted by Gasteiger charge is 2.39. The number of carbonyl (C=O) groups is 2. The van der Waals surface area contributed by atoms with Crippen LogP contribution in [0.15, 0.2) is 0 Å². The molecule has 1 heterocycles. The maximum Gasteiger partial charge on any atom is 0.305 e. The molecule has 1 atom stereocenters. The lowest BCUT2D eigenvalue weighted by molar-refractivity contribution is -0.151. The second-order valence-electron chi connectivity index (χ2n) is 5.24. The summed E-state index contributed by atoms with van der Waals surface area (Å²) in [5.41, 5.74) is -0.183. The van der Waals surface area contributed by atoms with Gasteiger partial charge in [0.05, 0.1) is 6.42 Å². The summed E-state index contributed by atoms with van der Waals surface area (Å²) in [4.78, 5) is 26.3. The van der Waals surface area contributed by atoms with Gasteiger partial charge in [0.25, 0.3) is 0 Å². The highest BCUT2D eigenvalue weighted by atomic mass is 16.4. The Kier molecular flexibility index (Phi) is 3.57. The van der Waals surface area contributed by atoms with Crippen LogP contribution in [0.5, 0.6) is 0 Å². The first-order chi connectivity index (χ1) is 7.23. The zero-order chi connectivity index (χ0) is 12.5. The van der Waals surface area contributed by atoms with Gasteiger partial charge in [-0.1, -0.05) is 0 Å². The molecule has 5 heteroatoms. The molecule has 0 radical (unpaired) electrons. The lowest BCUT2D eigenvalue weighted by Crippen LogP contribution is -2.61. The Morgan fingerprint density at radius 3 is 2.44 bits per heavy atom. The number of piperazine rings is 1. The van der Waals surface area contributed by atoms with E-state index < -0.39 is 12.0 Å². The van der Waals surface area contributed by atoms with Gasteiger partial charge in [0.15, 0.2) is 0 Å². The first-order valence-corrected chi connectivity index (χ1v) is 5.47. The van der Waals surface area contributed by atoms with Gasteiger partial charge >= 0.3 is 5.97 Å². The zero-order valence-electron chi connectivity index (χ0n) is 10.4. The predicted octanol–water partition coefficient (Wildman–Crippen LogP) is 0.402. The highest BCUT2D eigenvalue weighted by Crippen LogP contribution is 2.23. The number of carboxylic acids is 1. The van der Waals surface area contributed by atoms with E-state index in [-0.39, 0.29) is 17.9 Å². The fraction of sp³-hybridized carbons (Fsp3) is 0.818. The molecular weight excluding hydrogens is 208 g/mol. The van der Waals surface area contributed by atoms with Crippen LogP contribution in [-0.4, -0.2) is 58.5 Å². The molecule has 5 nitrogen and oxygen atoms in total. The molecule has 1 aliphatic rings. The second-order valence-corrected chi connectivity index (χ2v) is 5.24. The molecule has 1 saturated heterocycles. The maximum absolute atomic E-state index is 11.9. The van der Waals surface area contributed by atoms with Crippen LogP contribution in [0, 0.1) is 0 Å². The third-order valence-corrected chi connectivity index (χ3v) is 2.94. The molecular formula is C11H20N2O3. The molecule has 16 heavy (non-hydrogen) atoms. The van der Waals surface area contributed by atoms with Crippen molar-refractivity contribution < 1.29 is 14.7 Å². The summed E-state index contributed by atoms with van der Waals surface area (Å²) in [6.45, 7) is 7.39. The number of hydrogen-bond acceptors (Lipinski definition) is 3. The van der Waals surface area contributed by atoms with E-state index in [1.165, 1.54) is 0 Å². The molecule has 0 aromatic heterocycles. The average molecular weight is 228 g/mol. The normalized spacial score (nSPS) is 23.6. The van der Waals surface area contributed by atoms with E-state index in [1.54, 1.807) is 11.9 Å². The number of rotatable bonds is 2. The fourth-order valence-corrected chi connectivity index (χ4v) is 2.08. The minimum Gasteiger partial charge on any atom is -0.481 e. The maximum atomic E-state index is 11.9. The number of amides is 1. The van der Waals surface area contributed by atoms with Crippen molar-refractivity contribution in [2.24, 2.45) is 0 Å². The van der Waals surface area contributed by atoms with Crippen LogP contribution in [0.25, 0.3) is 0 Å². The molecule has 0 bridgehead atoms. The molecule has 0 aliphatic carbocycles. The first-order valence-electron chi connectivity index (χ1n) is 5.47. The van der Waals surface area contributed by atoms with Crippen LogP contribution in [0.2, 0.25) is 0 Å². The van der Waals surface area contributed by atoms with Gasteiger partial charge in [-0.3, -0.25) is 14.5 Å². The Balaban J connectivity index is 2.90. The molecule has 0 aromatic carbocycles. The largest absolute Gasteiger partial charge is 0.481 e. The first kappa shape index (κ1) is 13.0. The number of carboxylic acid groups (broad SMARTS) is 1. The molecule has 1 rings (SSSR count). The fourth-order valence-electron chi connectivity index (χ4n) is 2.08. The standard InChI is InChI=1S/C11H20N2O3/c1-11(2,3)13-6-5-12(4)10(16)8(13)7-9(14)15/h8H,5-7H2,1-4H3,(H,14,15). The molecule has 1 unspecified atom stereocenters. The zero-order valence-corrected chi connectivity index (χ0v) is 10.4. The SMILES string of the molecule is CN1CCN(C(C)(C)C)C(CC(=O)O)C1=O. The molecule has 0 spiro atoms. The van der Waals surface area contributed by atoms with Gasteiger partial charge < -0.3 is 10.0 Å². The molecule has 1 N–H and O–H groups in total. The molecule has 1 fully saturated rings. The van der Waals surface area contributed by atoms with Crippen molar-refractivity contribution in [1.82, 2.24) is 9.80 Å². The van der Waals surface area contributed by atoms with Gasteiger partial charge in [0, 0.05) is 25.7 Å². The van der Waals surface area contributed by atoms with Crippen molar-refractivity contribution in [2.45, 2.75) is 38.8 Å². The van der Waals surface area contributed by atoms with E-state index >= 15 is 0 Å². The van der Waals surface area contributed by atoms with Gasteiger partial charge in [-0.05, 0) is 20.8 Å². The van der Waals surface area contributed by atoms with E-state index in [0.29, 0.717) is 6.54 Å². The second kappa shape index (κ2) is 4.41. The predicted molar refractivity (Wildman–Crippen MR) is 60.1 cm³/mol. The van der Waals surface area contributed by atoms with Crippen molar-refractivity contribution in [1.29, 1.82) is 0 Å². The van der Waals surface area contributed by atoms with E-state index in [4.69, 9.17) is 5.11 Å². The molecule has 0 saturated carbocycles. The van der Waals surface area contributed by atoms with Crippen LogP contribution in [0.1, 0.15) is 27.2 Å². The summed E-state index contributed by atoms with van der Waals surface area (Å²) in [6.07, 6.45) is -0.125. The Morgan fingerprint density at radius 2 is 2.00 bits per heavy atom. The van der Waals surface area contributed by atoms with Gasteiger partial charge in [0.2, 0.25) is 5.91 Å². The lowest BCUT2D eigenvalue weighted by atomic mass is 9.98. The minimum atomic E-state index is -0.928. The summed E-state index contributed by atoms with van der Waals surface area (Å²) in [5.74, 6) is -1.02. The lowest BCUT2D eigenvalue weighted by Gasteiger charge is -2.45. The van der Waals surface area contributed by atoms with Crippen LogP contribution >= 0.6 is 0 Å². The number of nitrogens with zero attached hydrogens (tertiary/aromatic N) is 2. The molecule has 1 amide bonds. The third-order valence-electron chi connectivity index (χ3n) is 2.94. The van der Waals surface area contributed by atoms with E-state index in [0.717, 1.165) is 6.54 Å². The number of hydrogen-bond donors (Lipinski definition) is 1. The Bertz CT molecular complexity index is 296. The summed E-state index contributed by atoms with van der Waals surface area (Å²) in [7, 11) is 1.72. The molecule has 1 aliphatic heterocycles.